The number of thiophene rings is 1. The molecule has 0 saturated carbocycles. The Balaban J connectivity index is 1.85. The summed E-state index contributed by atoms with van der Waals surface area (Å²) in [4.78, 5) is 2.77. The van der Waals surface area contributed by atoms with Gasteiger partial charge in [0.25, 0.3) is 0 Å². The SMILES string of the molecule is CCc1ccc(C(C)Nc2ccccc2-n2ccnn2)s1. The van der Waals surface area contributed by atoms with Crippen LogP contribution < -0.4 is 5.32 Å². The van der Waals surface area contributed by atoms with Gasteiger partial charge in [0.15, 0.2) is 0 Å². The van der Waals surface area contributed by atoms with E-state index in [0.717, 1.165) is 17.8 Å². The van der Waals surface area contributed by atoms with E-state index in [2.05, 4.69) is 47.7 Å². The molecule has 21 heavy (non-hydrogen) atoms. The lowest BCUT2D eigenvalue weighted by atomic mass is 10.2. The maximum atomic E-state index is 4.07. The lowest BCUT2D eigenvalue weighted by molar-refractivity contribution is 0.799. The second-order valence-electron chi connectivity index (χ2n) is 4.89. The molecule has 5 heteroatoms. The van der Waals surface area contributed by atoms with Gasteiger partial charge in [0, 0.05) is 9.75 Å². The van der Waals surface area contributed by atoms with Crippen LogP contribution in [0.2, 0.25) is 0 Å². The quantitative estimate of drug-likeness (QED) is 0.772. The third kappa shape index (κ3) is 2.97. The average molecular weight is 298 g/mol. The largest absolute Gasteiger partial charge is 0.376 e. The first-order chi connectivity index (χ1) is 10.3. The first-order valence-electron chi connectivity index (χ1n) is 7.08. The third-order valence-electron chi connectivity index (χ3n) is 3.40. The summed E-state index contributed by atoms with van der Waals surface area (Å²) in [5.74, 6) is 0. The summed E-state index contributed by atoms with van der Waals surface area (Å²) in [6.45, 7) is 4.37. The molecular weight excluding hydrogens is 280 g/mol. The van der Waals surface area contributed by atoms with Crippen molar-refractivity contribution in [1.29, 1.82) is 0 Å². The molecule has 108 valence electrons. The minimum absolute atomic E-state index is 0.264. The van der Waals surface area contributed by atoms with Gasteiger partial charge in [-0.25, -0.2) is 4.68 Å². The Morgan fingerprint density at radius 3 is 2.81 bits per heavy atom. The molecule has 4 nitrogen and oxygen atoms in total. The number of aromatic nitrogens is 3. The van der Waals surface area contributed by atoms with E-state index in [0.29, 0.717) is 0 Å². The third-order valence-corrected chi connectivity index (χ3v) is 4.82. The summed E-state index contributed by atoms with van der Waals surface area (Å²) >= 11 is 1.87. The van der Waals surface area contributed by atoms with Gasteiger partial charge in [-0.3, -0.25) is 0 Å². The van der Waals surface area contributed by atoms with Crippen LogP contribution in [0.1, 0.15) is 29.6 Å². The molecule has 1 N–H and O–H groups in total. The Kier molecular flexibility index (Phi) is 4.01. The zero-order chi connectivity index (χ0) is 14.7. The molecule has 2 aromatic heterocycles. The molecule has 0 radical (unpaired) electrons. The van der Waals surface area contributed by atoms with Crippen molar-refractivity contribution in [3.63, 3.8) is 0 Å². The van der Waals surface area contributed by atoms with Gasteiger partial charge in [-0.2, -0.15) is 0 Å². The molecule has 1 atom stereocenters. The normalized spacial score (nSPS) is 12.3. The number of para-hydroxylation sites is 2. The zero-order valence-electron chi connectivity index (χ0n) is 12.2. The van der Waals surface area contributed by atoms with Crippen LogP contribution in [0.15, 0.2) is 48.8 Å². The lowest BCUT2D eigenvalue weighted by Crippen LogP contribution is -2.08. The van der Waals surface area contributed by atoms with E-state index in [1.807, 2.05) is 35.7 Å². The monoisotopic (exact) mass is 298 g/mol. The van der Waals surface area contributed by atoms with E-state index in [9.17, 15) is 0 Å². The van der Waals surface area contributed by atoms with Crippen molar-refractivity contribution in [3.05, 3.63) is 58.5 Å². The molecule has 1 unspecified atom stereocenters. The Morgan fingerprint density at radius 1 is 1.24 bits per heavy atom. The van der Waals surface area contributed by atoms with Crippen molar-refractivity contribution in [3.8, 4) is 5.69 Å². The maximum Gasteiger partial charge on any atom is 0.0894 e. The summed E-state index contributed by atoms with van der Waals surface area (Å²) in [6, 6.07) is 12.8. The highest BCUT2D eigenvalue weighted by Crippen LogP contribution is 2.28. The molecule has 0 saturated heterocycles. The van der Waals surface area contributed by atoms with Crippen LogP contribution in [0.4, 0.5) is 5.69 Å². The van der Waals surface area contributed by atoms with Crippen LogP contribution in [0.25, 0.3) is 5.69 Å². The van der Waals surface area contributed by atoms with Gasteiger partial charge in [0.2, 0.25) is 0 Å². The number of hydrogen-bond acceptors (Lipinski definition) is 4. The molecule has 3 rings (SSSR count). The van der Waals surface area contributed by atoms with Crippen molar-refractivity contribution in [2.24, 2.45) is 0 Å². The summed E-state index contributed by atoms with van der Waals surface area (Å²) in [6.07, 6.45) is 4.63. The van der Waals surface area contributed by atoms with E-state index in [4.69, 9.17) is 0 Å². The lowest BCUT2D eigenvalue weighted by Gasteiger charge is -2.16. The molecule has 3 aromatic rings. The number of benzene rings is 1. The fourth-order valence-electron chi connectivity index (χ4n) is 2.25. The summed E-state index contributed by atoms with van der Waals surface area (Å²) in [7, 11) is 0. The highest BCUT2D eigenvalue weighted by atomic mass is 32.1. The van der Waals surface area contributed by atoms with E-state index < -0.39 is 0 Å². The van der Waals surface area contributed by atoms with Crippen molar-refractivity contribution >= 4 is 17.0 Å². The Hall–Kier alpha value is -2.14. The molecule has 0 fully saturated rings. The van der Waals surface area contributed by atoms with E-state index in [1.54, 1.807) is 10.9 Å². The number of aryl methyl sites for hydroxylation is 1. The number of anilines is 1. The van der Waals surface area contributed by atoms with Gasteiger partial charge in [0.05, 0.1) is 29.8 Å². The number of rotatable bonds is 5. The molecule has 0 aliphatic carbocycles. The predicted molar refractivity (Wildman–Crippen MR) is 87.1 cm³/mol. The minimum Gasteiger partial charge on any atom is -0.376 e. The molecular formula is C16H18N4S. The Bertz CT molecular complexity index is 703. The maximum absolute atomic E-state index is 4.07. The summed E-state index contributed by atoms with van der Waals surface area (Å²) < 4.78 is 1.78. The van der Waals surface area contributed by atoms with Crippen molar-refractivity contribution in [1.82, 2.24) is 15.0 Å². The number of nitrogens with one attached hydrogen (secondary N) is 1. The molecule has 0 amide bonds. The fourth-order valence-corrected chi connectivity index (χ4v) is 3.21. The van der Waals surface area contributed by atoms with Gasteiger partial charge >= 0.3 is 0 Å². The van der Waals surface area contributed by atoms with Gasteiger partial charge in [-0.15, -0.1) is 16.4 Å². The molecule has 0 spiro atoms. The first kappa shape index (κ1) is 13.8. The first-order valence-corrected chi connectivity index (χ1v) is 7.90. The van der Waals surface area contributed by atoms with Crippen molar-refractivity contribution < 1.29 is 0 Å². The molecule has 1 aromatic carbocycles. The van der Waals surface area contributed by atoms with Crippen molar-refractivity contribution in [2.45, 2.75) is 26.3 Å². The molecule has 0 aliphatic heterocycles. The highest BCUT2D eigenvalue weighted by Gasteiger charge is 2.11. The minimum atomic E-state index is 0.264. The van der Waals surface area contributed by atoms with Crippen LogP contribution in [-0.4, -0.2) is 15.0 Å². The van der Waals surface area contributed by atoms with Crippen LogP contribution >= 0.6 is 11.3 Å². The van der Waals surface area contributed by atoms with Crippen LogP contribution in [0.3, 0.4) is 0 Å². The van der Waals surface area contributed by atoms with Crippen molar-refractivity contribution in [2.75, 3.05) is 5.32 Å². The molecule has 2 heterocycles. The average Bonchev–Trinajstić information content (AvgIpc) is 3.19. The summed E-state index contributed by atoms with van der Waals surface area (Å²) in [5.41, 5.74) is 2.07. The Labute approximate surface area is 128 Å². The predicted octanol–water partition coefficient (Wildman–Crippen LogP) is 4.06. The second-order valence-corrected chi connectivity index (χ2v) is 6.09. The number of hydrogen-bond donors (Lipinski definition) is 1. The van der Waals surface area contributed by atoms with Gasteiger partial charge in [-0.05, 0) is 37.6 Å². The van der Waals surface area contributed by atoms with Gasteiger partial charge < -0.3 is 5.32 Å². The standard InChI is InChI=1S/C16H18N4S/c1-3-13-8-9-16(21-13)12(2)18-14-6-4-5-7-15(14)20-11-10-17-19-20/h4-12,18H,3H2,1-2H3. The molecule has 0 aliphatic rings. The second kappa shape index (κ2) is 6.10. The smallest absolute Gasteiger partial charge is 0.0894 e. The fraction of sp³-hybridized carbons (Fsp3) is 0.250. The van der Waals surface area contributed by atoms with Gasteiger partial charge in [0.1, 0.15) is 0 Å². The van der Waals surface area contributed by atoms with E-state index >= 15 is 0 Å². The number of nitrogens with zero attached hydrogens (tertiary/aromatic N) is 3. The zero-order valence-corrected chi connectivity index (χ0v) is 13.0. The van der Waals surface area contributed by atoms with Gasteiger partial charge in [-0.1, -0.05) is 24.3 Å². The molecule has 0 bridgehead atoms. The van der Waals surface area contributed by atoms with Crippen LogP contribution in [0.5, 0.6) is 0 Å². The van der Waals surface area contributed by atoms with E-state index in [-0.39, 0.29) is 6.04 Å². The topological polar surface area (TPSA) is 42.7 Å². The van der Waals surface area contributed by atoms with Crippen LogP contribution in [-0.2, 0) is 6.42 Å². The Morgan fingerprint density at radius 2 is 2.10 bits per heavy atom. The summed E-state index contributed by atoms with van der Waals surface area (Å²) in [5, 5.41) is 11.5. The highest BCUT2D eigenvalue weighted by molar-refractivity contribution is 7.12. The van der Waals surface area contributed by atoms with E-state index in [1.165, 1.54) is 9.75 Å². The van der Waals surface area contributed by atoms with Crippen LogP contribution in [0, 0.1) is 0 Å².